The molecule has 3 aliphatic rings. The Morgan fingerprint density at radius 2 is 1.79 bits per heavy atom. The van der Waals surface area contributed by atoms with E-state index >= 15 is 0 Å². The Bertz CT molecular complexity index is 1480. The van der Waals surface area contributed by atoms with Crippen molar-refractivity contribution in [1.82, 2.24) is 4.98 Å². The van der Waals surface area contributed by atoms with Crippen LogP contribution in [-0.4, -0.2) is 57.0 Å². The molecule has 232 valence electrons. The number of carbonyl (C=O) groups is 1. The first kappa shape index (κ1) is 29.9. The Hall–Kier alpha value is -3.12. The average Bonchev–Trinajstić information content (AvgIpc) is 3.72. The molecule has 2 heterocycles. The molecule has 0 spiro atoms. The second-order valence-corrected chi connectivity index (χ2v) is 12.0. The standard InChI is InChI=1S/C32H36F3NO7/c1-16-28(38)29(39)30(40)31(42-16)43-26(37)13-19-7-10-22-23-14-20(8-11-25(23)36-27(19)22)41-15-17-6-9-21(18-4-2-3-5-18)24(12-17)32(33,34)35/h6,8-9,11-12,14,16,18-19,28-31,36,38-40H,2-5,7,10,13,15H2,1H3/t16-,19+,28-,29+,30-,31-/m1/s1. The Balaban J connectivity index is 1.12. The predicted octanol–water partition coefficient (Wildman–Crippen LogP) is 5.21. The van der Waals surface area contributed by atoms with Crippen molar-refractivity contribution in [3.8, 4) is 5.75 Å². The molecule has 1 saturated carbocycles. The van der Waals surface area contributed by atoms with Crippen molar-refractivity contribution in [3.05, 3.63) is 64.3 Å². The minimum atomic E-state index is -4.42. The molecule has 6 atom stereocenters. The van der Waals surface area contributed by atoms with Crippen LogP contribution in [0, 0.1) is 0 Å². The van der Waals surface area contributed by atoms with E-state index < -0.39 is 48.4 Å². The number of halogens is 3. The Morgan fingerprint density at radius 3 is 2.53 bits per heavy atom. The molecule has 0 amide bonds. The van der Waals surface area contributed by atoms with E-state index in [-0.39, 0.29) is 24.9 Å². The van der Waals surface area contributed by atoms with E-state index in [4.69, 9.17) is 14.2 Å². The normalized spacial score (nSPS) is 27.9. The summed E-state index contributed by atoms with van der Waals surface area (Å²) in [5.41, 5.74) is 3.06. The van der Waals surface area contributed by atoms with E-state index in [0.29, 0.717) is 29.7 Å². The first-order valence-corrected chi connectivity index (χ1v) is 14.9. The van der Waals surface area contributed by atoms with Crippen LogP contribution in [-0.2, 0) is 33.5 Å². The van der Waals surface area contributed by atoms with Crippen LogP contribution in [0.3, 0.4) is 0 Å². The first-order valence-electron chi connectivity index (χ1n) is 14.9. The fourth-order valence-corrected chi connectivity index (χ4v) is 6.81. The molecule has 1 aliphatic heterocycles. The molecule has 1 saturated heterocycles. The summed E-state index contributed by atoms with van der Waals surface area (Å²) in [6.07, 6.45) is -6.05. The van der Waals surface area contributed by atoms with Gasteiger partial charge < -0.3 is 34.5 Å². The van der Waals surface area contributed by atoms with Crippen LogP contribution in [0.1, 0.15) is 85.2 Å². The van der Waals surface area contributed by atoms with Crippen molar-refractivity contribution < 1.29 is 47.5 Å². The van der Waals surface area contributed by atoms with Gasteiger partial charge in [-0.1, -0.05) is 25.0 Å². The van der Waals surface area contributed by atoms with E-state index in [2.05, 4.69) is 4.98 Å². The summed E-state index contributed by atoms with van der Waals surface area (Å²) in [7, 11) is 0. The summed E-state index contributed by atoms with van der Waals surface area (Å²) in [5.74, 6) is -0.276. The molecule has 11 heteroatoms. The number of benzene rings is 2. The highest BCUT2D eigenvalue weighted by Crippen LogP contribution is 2.43. The lowest BCUT2D eigenvalue weighted by atomic mass is 9.91. The molecule has 0 unspecified atom stereocenters. The third-order valence-corrected chi connectivity index (χ3v) is 9.15. The van der Waals surface area contributed by atoms with Crippen LogP contribution in [0.25, 0.3) is 10.9 Å². The second kappa shape index (κ2) is 11.8. The van der Waals surface area contributed by atoms with Crippen molar-refractivity contribution in [1.29, 1.82) is 0 Å². The quantitative estimate of drug-likeness (QED) is 0.274. The number of fused-ring (bicyclic) bond motifs is 3. The predicted molar refractivity (Wildman–Crippen MR) is 149 cm³/mol. The van der Waals surface area contributed by atoms with Crippen LogP contribution in [0.2, 0.25) is 0 Å². The maximum atomic E-state index is 13.9. The number of esters is 1. The van der Waals surface area contributed by atoms with Gasteiger partial charge in [0.15, 0.2) is 0 Å². The molecule has 43 heavy (non-hydrogen) atoms. The summed E-state index contributed by atoms with van der Waals surface area (Å²) in [6, 6.07) is 10.0. The molecule has 0 radical (unpaired) electrons. The van der Waals surface area contributed by atoms with Gasteiger partial charge in [-0.05, 0) is 79.5 Å². The second-order valence-electron chi connectivity index (χ2n) is 12.0. The lowest BCUT2D eigenvalue weighted by Gasteiger charge is -2.38. The Kier molecular flexibility index (Phi) is 8.18. The van der Waals surface area contributed by atoms with Gasteiger partial charge in [-0.2, -0.15) is 13.2 Å². The van der Waals surface area contributed by atoms with Gasteiger partial charge in [0.05, 0.1) is 18.1 Å². The van der Waals surface area contributed by atoms with Crippen molar-refractivity contribution in [2.24, 2.45) is 0 Å². The van der Waals surface area contributed by atoms with Gasteiger partial charge in [0, 0.05) is 22.5 Å². The molecule has 8 nitrogen and oxygen atoms in total. The van der Waals surface area contributed by atoms with E-state index in [1.165, 1.54) is 13.0 Å². The molecule has 0 bridgehead atoms. The number of nitrogens with one attached hydrogen (secondary N) is 1. The third-order valence-electron chi connectivity index (χ3n) is 9.15. The van der Waals surface area contributed by atoms with Crippen LogP contribution >= 0.6 is 0 Å². The topological polar surface area (TPSA) is 121 Å². The van der Waals surface area contributed by atoms with Crippen molar-refractivity contribution in [3.63, 3.8) is 0 Å². The number of carbonyl (C=O) groups excluding carboxylic acids is 1. The number of rotatable bonds is 7. The molecule has 1 aromatic heterocycles. The SMILES string of the molecule is C[C@H]1O[C@H](OC(=O)C[C@@H]2CCc3c2[nH]c2ccc(OCc4ccc(C5CCCC5)c(C(F)(F)F)c4)cc32)[C@H](O)[C@@H](O)[C@@H]1O. The molecule has 2 aromatic carbocycles. The van der Waals surface area contributed by atoms with Crippen LogP contribution in [0.5, 0.6) is 5.75 Å². The van der Waals surface area contributed by atoms with Gasteiger partial charge in [-0.3, -0.25) is 4.79 Å². The van der Waals surface area contributed by atoms with E-state index in [1.807, 2.05) is 12.1 Å². The van der Waals surface area contributed by atoms with Crippen LogP contribution in [0.15, 0.2) is 36.4 Å². The highest BCUT2D eigenvalue weighted by atomic mass is 19.4. The maximum absolute atomic E-state index is 13.9. The number of H-pyrrole nitrogens is 1. The first-order chi connectivity index (χ1) is 20.5. The average molecular weight is 604 g/mol. The highest BCUT2D eigenvalue weighted by molar-refractivity contribution is 5.87. The number of aryl methyl sites for hydroxylation is 1. The minimum Gasteiger partial charge on any atom is -0.489 e. The highest BCUT2D eigenvalue weighted by Gasteiger charge is 2.44. The number of hydrogen-bond donors (Lipinski definition) is 4. The van der Waals surface area contributed by atoms with Gasteiger partial charge in [0.2, 0.25) is 6.29 Å². The van der Waals surface area contributed by atoms with E-state index in [1.54, 1.807) is 18.2 Å². The van der Waals surface area contributed by atoms with Gasteiger partial charge in [0.25, 0.3) is 0 Å². The van der Waals surface area contributed by atoms with Crippen molar-refractivity contribution >= 4 is 16.9 Å². The minimum absolute atomic E-state index is 0.0000431. The third kappa shape index (κ3) is 6.00. The summed E-state index contributed by atoms with van der Waals surface area (Å²) >= 11 is 0. The van der Waals surface area contributed by atoms with Gasteiger partial charge in [0.1, 0.15) is 30.7 Å². The number of alkyl halides is 3. The van der Waals surface area contributed by atoms with Gasteiger partial charge in [-0.25, -0.2) is 0 Å². The molecule has 3 aromatic rings. The zero-order chi connectivity index (χ0) is 30.5. The monoisotopic (exact) mass is 603 g/mol. The molecule has 2 aliphatic carbocycles. The number of aromatic nitrogens is 1. The Labute approximate surface area is 246 Å². The molecular weight excluding hydrogens is 567 g/mol. The zero-order valence-electron chi connectivity index (χ0n) is 23.8. The number of ether oxygens (including phenoxy) is 3. The fraction of sp³-hybridized carbons (Fsp3) is 0.531. The van der Waals surface area contributed by atoms with Crippen molar-refractivity contribution in [2.75, 3.05) is 0 Å². The summed E-state index contributed by atoms with van der Waals surface area (Å²) in [6.45, 7) is 1.51. The van der Waals surface area contributed by atoms with Crippen LogP contribution in [0.4, 0.5) is 13.2 Å². The van der Waals surface area contributed by atoms with Crippen LogP contribution < -0.4 is 4.74 Å². The van der Waals surface area contributed by atoms with Gasteiger partial charge in [-0.15, -0.1) is 0 Å². The number of hydrogen-bond acceptors (Lipinski definition) is 7. The smallest absolute Gasteiger partial charge is 0.416 e. The summed E-state index contributed by atoms with van der Waals surface area (Å²) in [5, 5.41) is 30.9. The molecular formula is C32H36F3NO7. The molecule has 4 N–H and O–H groups in total. The van der Waals surface area contributed by atoms with Gasteiger partial charge >= 0.3 is 12.1 Å². The number of aromatic amines is 1. The summed E-state index contributed by atoms with van der Waals surface area (Å²) in [4.78, 5) is 16.1. The number of aliphatic hydroxyl groups excluding tert-OH is 3. The summed E-state index contributed by atoms with van der Waals surface area (Å²) < 4.78 is 58.3. The number of aliphatic hydroxyl groups is 3. The maximum Gasteiger partial charge on any atom is 0.416 e. The zero-order valence-corrected chi connectivity index (χ0v) is 23.8. The largest absolute Gasteiger partial charge is 0.489 e. The van der Waals surface area contributed by atoms with E-state index in [9.17, 15) is 33.3 Å². The molecule has 6 rings (SSSR count). The lowest BCUT2D eigenvalue weighted by molar-refractivity contribution is -0.284. The van der Waals surface area contributed by atoms with E-state index in [0.717, 1.165) is 47.8 Å². The molecule has 2 fully saturated rings. The van der Waals surface area contributed by atoms with Crippen molar-refractivity contribution in [2.45, 2.75) is 107 Å². The fourth-order valence-electron chi connectivity index (χ4n) is 6.81. The Morgan fingerprint density at radius 1 is 1.02 bits per heavy atom. The lowest BCUT2D eigenvalue weighted by Crippen LogP contribution is -2.57.